The highest BCUT2D eigenvalue weighted by molar-refractivity contribution is 6.36. The highest BCUT2D eigenvalue weighted by Crippen LogP contribution is 2.45. The van der Waals surface area contributed by atoms with Crippen molar-refractivity contribution in [2.45, 2.75) is 104 Å². The summed E-state index contributed by atoms with van der Waals surface area (Å²) in [6.45, 7) is 4.58. The maximum atomic E-state index is 2.45. The van der Waals surface area contributed by atoms with Crippen molar-refractivity contribution in [2.24, 2.45) is 0 Å². The second-order valence-electron chi connectivity index (χ2n) is 15.9. The van der Waals surface area contributed by atoms with Crippen molar-refractivity contribution in [1.29, 1.82) is 0 Å². The second kappa shape index (κ2) is 17.0. The van der Waals surface area contributed by atoms with Crippen molar-refractivity contribution in [2.75, 3.05) is 0 Å². The largest absolute Gasteiger partial charge is 0.0654 e. The van der Waals surface area contributed by atoms with E-state index in [0.717, 1.165) is 0 Å². The minimum Gasteiger partial charge on any atom is -0.0654 e. The molecule has 8 aromatic rings. The Morgan fingerprint density at radius 3 is 1.09 bits per heavy atom. The number of unbranched alkanes of at least 4 members (excludes halogenated alkanes) is 10. The van der Waals surface area contributed by atoms with Crippen molar-refractivity contribution in [3.8, 4) is 0 Å². The summed E-state index contributed by atoms with van der Waals surface area (Å²) >= 11 is 0. The standard InChI is InChI=1S/C54H56/c1-3-5-7-9-11-13-17-39-21-25-41(26-22-39)29-31-45-35-49-50(36-46(45)32-30-42-27-23-40(24-28-42)18-14-12-10-8-6-4-2)54-38-52-48-34-44-20-16-15-19-43(44)33-47(48)51(52)37-53(49)54/h15-16,19-38H,3-14,17-18H2,1-2H3/b31-29+,32-30+. The van der Waals surface area contributed by atoms with Crippen LogP contribution >= 0.6 is 0 Å². The van der Waals surface area contributed by atoms with E-state index in [1.807, 2.05) is 0 Å². The van der Waals surface area contributed by atoms with Gasteiger partial charge in [0, 0.05) is 0 Å². The molecule has 0 atom stereocenters. The summed E-state index contributed by atoms with van der Waals surface area (Å²) < 4.78 is 0. The van der Waals surface area contributed by atoms with Gasteiger partial charge >= 0.3 is 0 Å². The molecule has 0 heterocycles. The average molecular weight is 705 g/mol. The van der Waals surface area contributed by atoms with E-state index in [9.17, 15) is 0 Å². The minimum absolute atomic E-state index is 1.18. The van der Waals surface area contributed by atoms with Gasteiger partial charge in [-0.3, -0.25) is 0 Å². The molecule has 0 saturated carbocycles. The van der Waals surface area contributed by atoms with Crippen LogP contribution < -0.4 is 0 Å². The predicted octanol–water partition coefficient (Wildman–Crippen LogP) is 16.5. The molecule has 0 aliphatic rings. The van der Waals surface area contributed by atoms with Gasteiger partial charge in [0.15, 0.2) is 0 Å². The third-order valence-electron chi connectivity index (χ3n) is 11.9. The van der Waals surface area contributed by atoms with Gasteiger partial charge in [-0.15, -0.1) is 0 Å². The molecule has 272 valence electrons. The van der Waals surface area contributed by atoms with Gasteiger partial charge in [-0.25, -0.2) is 0 Å². The van der Waals surface area contributed by atoms with Crippen LogP contribution in [0.2, 0.25) is 0 Å². The average Bonchev–Trinajstić information content (AvgIpc) is 3.20. The van der Waals surface area contributed by atoms with Crippen molar-refractivity contribution in [1.82, 2.24) is 0 Å². The van der Waals surface area contributed by atoms with Crippen LogP contribution in [0.25, 0.3) is 78.2 Å². The number of benzene rings is 6. The molecule has 0 saturated heterocycles. The molecule has 0 aliphatic heterocycles. The van der Waals surface area contributed by atoms with Gasteiger partial charge in [0.1, 0.15) is 0 Å². The number of aryl methyl sites for hydroxylation is 2. The zero-order valence-corrected chi connectivity index (χ0v) is 32.6. The summed E-state index contributed by atoms with van der Waals surface area (Å²) in [4.78, 5) is 0. The van der Waals surface area contributed by atoms with Gasteiger partial charge in [-0.2, -0.15) is 0 Å². The lowest BCUT2D eigenvalue weighted by Gasteiger charge is -2.19. The lowest BCUT2D eigenvalue weighted by atomic mass is 9.84. The Morgan fingerprint density at radius 1 is 0.333 bits per heavy atom. The van der Waals surface area contributed by atoms with E-state index >= 15 is 0 Å². The first-order valence-corrected chi connectivity index (χ1v) is 21.1. The van der Waals surface area contributed by atoms with Gasteiger partial charge < -0.3 is 0 Å². The zero-order chi connectivity index (χ0) is 36.7. The molecule has 0 nitrogen and oxygen atoms in total. The van der Waals surface area contributed by atoms with E-state index in [4.69, 9.17) is 0 Å². The van der Waals surface area contributed by atoms with E-state index in [2.05, 4.69) is 147 Å². The minimum atomic E-state index is 1.18. The monoisotopic (exact) mass is 704 g/mol. The Kier molecular flexibility index (Phi) is 11.4. The first-order chi connectivity index (χ1) is 26.7. The van der Waals surface area contributed by atoms with Gasteiger partial charge in [-0.05, 0) is 149 Å². The Hall–Kier alpha value is -4.94. The van der Waals surface area contributed by atoms with Crippen molar-refractivity contribution >= 4 is 78.2 Å². The molecular weight excluding hydrogens is 649 g/mol. The van der Waals surface area contributed by atoms with E-state index in [1.54, 1.807) is 0 Å². The van der Waals surface area contributed by atoms with E-state index in [0.29, 0.717) is 0 Å². The van der Waals surface area contributed by atoms with Crippen LogP contribution in [0.5, 0.6) is 0 Å². The molecule has 0 spiro atoms. The maximum absolute atomic E-state index is 2.45. The molecule has 8 rings (SSSR count). The molecule has 0 radical (unpaired) electrons. The Labute approximate surface area is 323 Å². The highest BCUT2D eigenvalue weighted by atomic mass is 14.2. The topological polar surface area (TPSA) is 0 Å². The lowest BCUT2D eigenvalue weighted by molar-refractivity contribution is 0.607. The Morgan fingerprint density at radius 2 is 0.685 bits per heavy atom. The van der Waals surface area contributed by atoms with Crippen molar-refractivity contribution < 1.29 is 0 Å². The molecule has 54 heavy (non-hydrogen) atoms. The van der Waals surface area contributed by atoms with Crippen molar-refractivity contribution in [3.63, 3.8) is 0 Å². The fourth-order valence-corrected chi connectivity index (χ4v) is 8.60. The summed E-state index contributed by atoms with van der Waals surface area (Å²) in [5.74, 6) is 0. The summed E-state index contributed by atoms with van der Waals surface area (Å²) in [5, 5.41) is 13.7. The first kappa shape index (κ1) is 36.1. The Balaban J connectivity index is 1.06. The number of fused-ring (bicyclic) bond motifs is 9. The fraction of sp³-hybridized carbons (Fsp3) is 0.296. The summed E-state index contributed by atoms with van der Waals surface area (Å²) in [5.41, 5.74) is 7.94. The van der Waals surface area contributed by atoms with Crippen LogP contribution in [0.15, 0.2) is 109 Å². The second-order valence-corrected chi connectivity index (χ2v) is 15.9. The Bertz CT molecular complexity index is 2310. The third kappa shape index (κ3) is 7.95. The molecule has 0 aromatic heterocycles. The van der Waals surface area contributed by atoms with Gasteiger partial charge in [-0.1, -0.05) is 175 Å². The fourth-order valence-electron chi connectivity index (χ4n) is 8.60. The normalized spacial score (nSPS) is 12.4. The molecule has 8 aromatic carbocycles. The predicted molar refractivity (Wildman–Crippen MR) is 241 cm³/mol. The van der Waals surface area contributed by atoms with Crippen LogP contribution in [0.3, 0.4) is 0 Å². The van der Waals surface area contributed by atoms with E-state index in [1.165, 1.54) is 177 Å². The quantitative estimate of drug-likeness (QED) is 0.0616. The van der Waals surface area contributed by atoms with Gasteiger partial charge in [0.2, 0.25) is 0 Å². The van der Waals surface area contributed by atoms with Crippen LogP contribution in [-0.4, -0.2) is 0 Å². The molecule has 0 bridgehead atoms. The number of hydrogen-bond acceptors (Lipinski definition) is 0. The van der Waals surface area contributed by atoms with E-state index < -0.39 is 0 Å². The molecule has 0 heteroatoms. The molecular formula is C54H56. The molecule has 0 aliphatic carbocycles. The molecule has 0 unspecified atom stereocenters. The summed E-state index contributed by atoms with van der Waals surface area (Å²) in [6.07, 6.45) is 27.7. The van der Waals surface area contributed by atoms with Crippen LogP contribution in [0.1, 0.15) is 124 Å². The highest BCUT2D eigenvalue weighted by Gasteiger charge is 2.18. The molecule has 0 fully saturated rings. The molecule has 0 N–H and O–H groups in total. The lowest BCUT2D eigenvalue weighted by Crippen LogP contribution is -1.93. The zero-order valence-electron chi connectivity index (χ0n) is 32.6. The summed E-state index contributed by atoms with van der Waals surface area (Å²) in [7, 11) is 0. The van der Waals surface area contributed by atoms with Crippen LogP contribution in [0, 0.1) is 0 Å². The smallest absolute Gasteiger partial charge is 0.00921 e. The van der Waals surface area contributed by atoms with Crippen LogP contribution in [0.4, 0.5) is 0 Å². The summed E-state index contributed by atoms with van der Waals surface area (Å²) in [6, 6.07) is 41.7. The van der Waals surface area contributed by atoms with Gasteiger partial charge in [0.05, 0.1) is 0 Å². The maximum Gasteiger partial charge on any atom is -0.00921 e. The van der Waals surface area contributed by atoms with Crippen LogP contribution in [-0.2, 0) is 12.8 Å². The first-order valence-electron chi connectivity index (χ1n) is 21.1. The van der Waals surface area contributed by atoms with Crippen molar-refractivity contribution in [3.05, 3.63) is 143 Å². The number of rotatable bonds is 18. The van der Waals surface area contributed by atoms with E-state index in [-0.39, 0.29) is 0 Å². The number of hydrogen-bond donors (Lipinski definition) is 0. The molecule has 0 amide bonds. The van der Waals surface area contributed by atoms with Gasteiger partial charge in [0.25, 0.3) is 0 Å². The third-order valence-corrected chi connectivity index (χ3v) is 11.9. The SMILES string of the molecule is CCCCCCCCc1ccc(/C=C/c2cc3c(cc2/C=C/c2ccc(CCCCCCCC)cc2)c2cc4c5cc6ccccc6cc5c4cc32)cc1.